The second-order valence-corrected chi connectivity index (χ2v) is 56.9. The number of carbonyl (C=O) groups excluding carboxylic acids is 5. The number of halogens is 14. The van der Waals surface area contributed by atoms with E-state index >= 15 is 0 Å². The first-order chi connectivity index (χ1) is 70.4. The van der Waals surface area contributed by atoms with Gasteiger partial charge in [-0.3, -0.25) is 29.0 Å². The number of cyclic esters (lactones) is 1. The van der Waals surface area contributed by atoms with Crippen molar-refractivity contribution in [1.29, 1.82) is 0 Å². The van der Waals surface area contributed by atoms with E-state index in [-0.39, 0.29) is 79.9 Å². The van der Waals surface area contributed by atoms with E-state index in [9.17, 15) is 70.7 Å². The number of rotatable bonds is 20. The molecule has 40 heteroatoms. The topological polar surface area (TPSA) is 272 Å². The van der Waals surface area contributed by atoms with Crippen LogP contribution in [0.4, 0.5) is 49.1 Å². The number of aliphatic hydroxyl groups is 4. The molecule has 0 bridgehead atoms. The van der Waals surface area contributed by atoms with Crippen LogP contribution >= 0.6 is 106 Å². The number of esters is 1. The number of hydrogen-bond acceptors (Lipinski definition) is 21. The molecule has 0 radical (unpaired) electrons. The van der Waals surface area contributed by atoms with Crippen LogP contribution in [0.15, 0.2) is 250 Å². The van der Waals surface area contributed by atoms with Gasteiger partial charge in [0.1, 0.15) is 98.4 Å². The summed E-state index contributed by atoms with van der Waals surface area (Å²) in [4.78, 5) is 63.1. The van der Waals surface area contributed by atoms with E-state index in [0.29, 0.717) is 74.2 Å². The number of anilines is 4. The average molecular weight is 2400 g/mol. The third-order valence-corrected chi connectivity index (χ3v) is 30.0. The Morgan fingerprint density at radius 2 is 0.866 bits per heavy atom. The van der Waals surface area contributed by atoms with Gasteiger partial charge in [-0.2, -0.15) is 26.3 Å². The molecule has 4 N–H and O–H groups in total. The van der Waals surface area contributed by atoms with E-state index in [2.05, 4.69) is 196 Å². The SMILES string of the molecule is C[C@H]1[C@H](O[Si](C)(C)C)[C@@H](O[Si](C)(C)C)C(=O)O[C@@H]1CO[Si](C)(C)C.Clc1ccc(Br)cc1Cc1ccc2c(c1)N(Cc1ccccc1)CCO2.O=C(Cl)c1cc(Br)ccc1Cl.O=C(N1CCOc2ccc(Cc3cc(Br)ccc3Cl)cc21)C(F)(F)F.O=C(N1CCOc2ccccc21)C(F)(F)F.O=C1COc2ccccc2C1.OC[C@H]1O[C@@H](c2ccc(Cl)c(Cc3ccc4c(c3)N(Cc3ccccc3)CCO4)c2)[C@H](O)[C@@H](O)[C@@H]1O. The summed E-state index contributed by atoms with van der Waals surface area (Å²) in [6.07, 6.45) is -14.7. The zero-order chi connectivity index (χ0) is 108. The Labute approximate surface area is 915 Å². The first-order valence-corrected chi connectivity index (χ1v) is 62.3. The van der Waals surface area contributed by atoms with Crippen molar-refractivity contribution < 1.29 is 117 Å². The molecule has 0 aliphatic carbocycles. The van der Waals surface area contributed by atoms with Crippen molar-refractivity contribution in [3.8, 4) is 28.7 Å². The first kappa shape index (κ1) is 118. The molecule has 0 saturated carbocycles. The van der Waals surface area contributed by atoms with E-state index < -0.39 is 97.6 Å². The van der Waals surface area contributed by atoms with Gasteiger partial charge in [0.25, 0.3) is 5.24 Å². The smallest absolute Gasteiger partial charge is 0.471 e. The third kappa shape index (κ3) is 34.3. The number of ether oxygens (including phenoxy) is 7. The van der Waals surface area contributed by atoms with Crippen LogP contribution < -0.4 is 43.3 Å². The predicted molar refractivity (Wildman–Crippen MR) is 585 cm³/mol. The predicted octanol–water partition coefficient (Wildman–Crippen LogP) is 24.4. The highest BCUT2D eigenvalue weighted by atomic mass is 79.9. The van der Waals surface area contributed by atoms with Crippen molar-refractivity contribution in [2.75, 3.05) is 92.0 Å². The summed E-state index contributed by atoms with van der Waals surface area (Å²) in [5.41, 5.74) is 12.7. The highest BCUT2D eigenvalue weighted by molar-refractivity contribution is 9.11. The van der Waals surface area contributed by atoms with Gasteiger partial charge in [-0.1, -0.05) is 222 Å². The molecule has 11 aromatic carbocycles. The van der Waals surface area contributed by atoms with Crippen LogP contribution in [0.25, 0.3) is 0 Å². The molecule has 11 aromatic rings. The Morgan fingerprint density at radius 1 is 0.443 bits per heavy atom. The van der Waals surface area contributed by atoms with Gasteiger partial charge in [0, 0.05) is 59.5 Å². The van der Waals surface area contributed by atoms with E-state index in [1.807, 2.05) is 78.9 Å². The third-order valence-electron chi connectivity index (χ3n) is 23.9. The van der Waals surface area contributed by atoms with Crippen molar-refractivity contribution in [2.24, 2.45) is 5.92 Å². The van der Waals surface area contributed by atoms with Gasteiger partial charge in [0.2, 0.25) is 0 Å². The summed E-state index contributed by atoms with van der Waals surface area (Å²) >= 11 is 40.1. The minimum atomic E-state index is -4.93. The number of Topliss-reactive ketones (excluding diaryl/α,β-unsaturated/α-hetero) is 1. The maximum absolute atomic E-state index is 12.8. The molecule has 0 unspecified atom stereocenters. The molecule has 2 amide bonds. The van der Waals surface area contributed by atoms with Gasteiger partial charge in [-0.15, -0.1) is 0 Å². The number of hydrogen-bond donors (Lipinski definition) is 4. The molecule has 0 spiro atoms. The molecule has 23 nitrogen and oxygen atoms in total. The normalized spacial score (nSPS) is 19.2. The maximum Gasteiger partial charge on any atom is 0.471 e. The maximum atomic E-state index is 12.8. The highest BCUT2D eigenvalue weighted by Crippen LogP contribution is 2.44. The molecule has 9 atom stereocenters. The molecule has 149 heavy (non-hydrogen) atoms. The second-order valence-electron chi connectivity index (χ2n) is 38.7. The lowest BCUT2D eigenvalue weighted by Crippen LogP contribution is -2.59. The molecule has 7 heterocycles. The van der Waals surface area contributed by atoms with E-state index in [1.165, 1.54) is 34.9 Å². The van der Waals surface area contributed by atoms with Crippen LogP contribution in [0, 0.1) is 5.92 Å². The van der Waals surface area contributed by atoms with Crippen LogP contribution in [0.5, 0.6) is 28.7 Å². The number of aliphatic hydroxyl groups excluding tert-OH is 4. The lowest BCUT2D eigenvalue weighted by Gasteiger charge is -2.44. The van der Waals surface area contributed by atoms with Gasteiger partial charge < -0.3 is 76.7 Å². The Bertz CT molecular complexity index is 6450. The summed E-state index contributed by atoms with van der Waals surface area (Å²) < 4.78 is 135. The van der Waals surface area contributed by atoms with E-state index in [4.69, 9.17) is 104 Å². The Balaban J connectivity index is 0.000000159. The number of para-hydroxylation sites is 3. The highest BCUT2D eigenvalue weighted by Gasteiger charge is 2.51. The number of ketones is 1. The summed E-state index contributed by atoms with van der Waals surface area (Å²) in [5.74, 6) is -0.638. The molecule has 7 aliphatic rings. The molecule has 7 aliphatic heterocycles. The van der Waals surface area contributed by atoms with E-state index in [0.717, 1.165) is 120 Å². The standard InChI is InChI=1S/C28H30ClNO6.C22H19BrClNO.C17H12BrClF3NO2.C16H36O5Si3.C10H8F3NO2.C9H8O2.C7H3BrCl2O/c29-21-8-7-19(28-27(34)26(33)25(32)24(16-31)36-28)14-20(21)12-18-6-9-23-22(13-18)30(10-11-35-23)15-17-4-2-1-3-5-17;23-19-7-8-20(24)18(14-19)12-17-6-9-22-21(13-17)25(10-11-26-22)15-16-4-2-1-3-5-16;18-12-2-3-13(19)11(9-12)7-10-1-4-15-14(8-10)23(5-6-25-15)16(24)17(20,21)22;1-12-13(11-18-22(2,3)4)19-16(17)15(21-24(8,9)10)14(12)20-23(5,6)7;11-10(12,13)9(15)14-5-6-16-8-4-2-1-3-7(8)14;10-8-5-7-3-1-2-4-9(7)11-6-8;8-4-1-2-6(9)5(3-4)7(10)11/h1-9,13-14,24-28,31-34H,10-12,15-16H2;1-9,13-14H,10-12,15H2;1-4,8-9H,5-7H2;12-15H,11H2,1-10H3;1-4H,5-6H2;1-4H,5-6H2;1-3H/t24-,25-,26+,27-,28+;;;12-,13-,14+,15-;;;/m1..1.../s1. The Morgan fingerprint density at radius 3 is 1.34 bits per heavy atom. The molecule has 796 valence electrons. The van der Waals surface area contributed by atoms with Gasteiger partial charge in [-0.25, -0.2) is 4.79 Å². The van der Waals surface area contributed by atoms with Crippen LogP contribution in [0.2, 0.25) is 79.0 Å². The number of benzene rings is 11. The van der Waals surface area contributed by atoms with Gasteiger partial charge in [-0.05, 0) is 255 Å². The minimum absolute atomic E-state index is 0.0195. The Hall–Kier alpha value is -9.43. The van der Waals surface area contributed by atoms with Crippen molar-refractivity contribution in [1.82, 2.24) is 0 Å². The van der Waals surface area contributed by atoms with E-state index in [1.54, 1.807) is 66.7 Å². The monoisotopic (exact) mass is 2390 g/mol. The number of amides is 2. The fourth-order valence-corrected chi connectivity index (χ4v) is 21.7. The fourth-order valence-electron chi connectivity index (χ4n) is 16.8. The van der Waals surface area contributed by atoms with Crippen molar-refractivity contribution in [3.05, 3.63) is 331 Å². The molecule has 18 rings (SSSR count). The number of alkyl halides is 6. The molecule has 0 aromatic heterocycles. The number of nitrogens with zero attached hydrogens (tertiary/aromatic N) is 4. The Kier molecular flexibility index (Phi) is 42.4. The lowest BCUT2D eigenvalue weighted by atomic mass is 9.90. The van der Waals surface area contributed by atoms with Crippen LogP contribution in [0.3, 0.4) is 0 Å². The summed E-state index contributed by atoms with van der Waals surface area (Å²) in [5, 5.41) is 42.1. The quantitative estimate of drug-likeness (QED) is 0.0239. The largest absolute Gasteiger partial charge is 0.490 e. The molecule has 2 saturated heterocycles. The summed E-state index contributed by atoms with van der Waals surface area (Å²) in [7, 11) is -5.38. The number of fused-ring (bicyclic) bond motifs is 5. The summed E-state index contributed by atoms with van der Waals surface area (Å²) in [6, 6.07) is 73.7. The lowest BCUT2D eigenvalue weighted by molar-refractivity contribution is -0.231. The summed E-state index contributed by atoms with van der Waals surface area (Å²) in [6.45, 7) is 25.9. The molecular weight excluding hydrogens is 2280 g/mol. The van der Waals surface area contributed by atoms with Crippen molar-refractivity contribution in [2.45, 2.75) is 166 Å². The van der Waals surface area contributed by atoms with Crippen molar-refractivity contribution in [3.63, 3.8) is 0 Å². The van der Waals surface area contributed by atoms with Crippen molar-refractivity contribution >= 4 is 182 Å². The zero-order valence-electron chi connectivity index (χ0n) is 83.2. The zero-order valence-corrected chi connectivity index (χ0v) is 94.8. The molecular formula is C109H116Br3Cl5F6N4O19Si3. The second kappa shape index (κ2) is 53.4. The van der Waals surface area contributed by atoms with Crippen LogP contribution in [-0.4, -0.2) is 202 Å². The van der Waals surface area contributed by atoms with Gasteiger partial charge >= 0.3 is 30.1 Å². The molecule has 2 fully saturated rings. The van der Waals surface area contributed by atoms with Gasteiger partial charge in [0.15, 0.2) is 36.8 Å². The van der Waals surface area contributed by atoms with Crippen LogP contribution in [0.1, 0.15) is 79.0 Å². The fraction of sp³-hybridized carbons (Fsp3) is 0.349. The van der Waals surface area contributed by atoms with Gasteiger partial charge in [0.05, 0.1) is 78.8 Å². The number of carbonyl (C=O) groups is 5. The minimum Gasteiger partial charge on any atom is -0.490 e. The average Bonchev–Trinajstić information content (AvgIpc) is 0.808. The first-order valence-electron chi connectivity index (χ1n) is 47.8. The van der Waals surface area contributed by atoms with Crippen LogP contribution in [-0.2, 0) is 80.7 Å².